The van der Waals surface area contributed by atoms with Crippen LogP contribution in [0, 0.1) is 0 Å². The van der Waals surface area contributed by atoms with E-state index in [1.165, 1.54) is 18.9 Å². The predicted octanol–water partition coefficient (Wildman–Crippen LogP) is 1.69. The van der Waals surface area contributed by atoms with Crippen LogP contribution in [-0.2, 0) is 10.8 Å². The van der Waals surface area contributed by atoms with Gasteiger partial charge in [-0.3, -0.25) is 8.78 Å². The molecule has 0 spiro atoms. The van der Waals surface area contributed by atoms with E-state index in [0.29, 0.717) is 22.1 Å². The summed E-state index contributed by atoms with van der Waals surface area (Å²) in [4.78, 5) is 8.51. The van der Waals surface area contributed by atoms with Gasteiger partial charge in [0.2, 0.25) is 5.16 Å². The molecule has 0 aliphatic rings. The molecule has 0 aliphatic heterocycles. The van der Waals surface area contributed by atoms with Crippen LogP contribution < -0.4 is 0 Å². The number of fused-ring (bicyclic) bond motifs is 3. The van der Waals surface area contributed by atoms with E-state index >= 15 is 0 Å². The highest BCUT2D eigenvalue weighted by atomic mass is 32.2. The van der Waals surface area contributed by atoms with Crippen LogP contribution >= 0.6 is 0 Å². The summed E-state index contributed by atoms with van der Waals surface area (Å²) in [6, 6.07) is 7.61. The van der Waals surface area contributed by atoms with Crippen molar-refractivity contribution in [3.05, 3.63) is 36.9 Å². The zero-order chi connectivity index (χ0) is 14.4. The third-order valence-corrected chi connectivity index (χ3v) is 3.93. The molecule has 104 valence electrons. The van der Waals surface area contributed by atoms with Gasteiger partial charge in [0.05, 0.1) is 10.8 Å². The molecule has 0 fully saturated rings. The summed E-state index contributed by atoms with van der Waals surface area (Å²) in [5, 5.41) is 8.88. The van der Waals surface area contributed by atoms with E-state index in [0.717, 1.165) is 11.0 Å². The Morgan fingerprint density at radius 1 is 1.24 bits per heavy atom. The van der Waals surface area contributed by atoms with Crippen molar-refractivity contribution in [1.82, 2.24) is 24.7 Å². The molecule has 1 unspecified atom stereocenters. The van der Waals surface area contributed by atoms with Crippen LogP contribution in [0.4, 0.5) is 0 Å². The Morgan fingerprint density at radius 2 is 2.10 bits per heavy atom. The maximum atomic E-state index is 11.7. The molecule has 3 aromatic heterocycles. The van der Waals surface area contributed by atoms with Crippen LogP contribution in [0.15, 0.2) is 46.5 Å². The van der Waals surface area contributed by atoms with E-state index < -0.39 is 10.8 Å². The number of hydrogen-bond donors (Lipinski definition) is 0. The fourth-order valence-corrected chi connectivity index (χ4v) is 2.82. The van der Waals surface area contributed by atoms with Gasteiger partial charge in [-0.1, -0.05) is 12.1 Å². The van der Waals surface area contributed by atoms with Crippen molar-refractivity contribution in [2.24, 2.45) is 0 Å². The molecular weight excluding hydrogens is 290 g/mol. The summed E-state index contributed by atoms with van der Waals surface area (Å²) in [7, 11) is -1.28. The second kappa shape index (κ2) is 4.45. The van der Waals surface area contributed by atoms with Crippen LogP contribution in [0.25, 0.3) is 27.9 Å². The summed E-state index contributed by atoms with van der Waals surface area (Å²) in [5.41, 5.74) is 1.95. The zero-order valence-electron chi connectivity index (χ0n) is 10.9. The van der Waals surface area contributed by atoms with Gasteiger partial charge < -0.3 is 4.42 Å². The SMILES string of the molecule is CS(=O)c1nncn1-c1ncnc2c1oc1ccccc12. The number of aromatic nitrogens is 5. The normalized spacial score (nSPS) is 13.0. The molecular formula is C13H9N5O2S. The van der Waals surface area contributed by atoms with Gasteiger partial charge in [0.1, 0.15) is 23.8 Å². The summed E-state index contributed by atoms with van der Waals surface area (Å²) in [6.07, 6.45) is 4.45. The van der Waals surface area contributed by atoms with Crippen molar-refractivity contribution in [3.8, 4) is 5.82 Å². The Kier molecular flexibility index (Phi) is 2.58. The fourth-order valence-electron chi connectivity index (χ4n) is 2.25. The van der Waals surface area contributed by atoms with Crippen LogP contribution in [-0.4, -0.2) is 35.2 Å². The van der Waals surface area contributed by atoms with Crippen molar-refractivity contribution in [1.29, 1.82) is 0 Å². The van der Waals surface area contributed by atoms with Crippen molar-refractivity contribution >= 4 is 32.9 Å². The molecule has 0 saturated heterocycles. The molecule has 21 heavy (non-hydrogen) atoms. The van der Waals surface area contributed by atoms with Crippen molar-refractivity contribution in [2.75, 3.05) is 6.26 Å². The number of para-hydroxylation sites is 1. The van der Waals surface area contributed by atoms with Crippen molar-refractivity contribution in [3.63, 3.8) is 0 Å². The molecule has 1 atom stereocenters. The van der Waals surface area contributed by atoms with Crippen molar-refractivity contribution < 1.29 is 8.63 Å². The molecule has 4 rings (SSSR count). The number of furan rings is 1. The third-order valence-electron chi connectivity index (χ3n) is 3.14. The third kappa shape index (κ3) is 1.76. The molecule has 0 radical (unpaired) electrons. The summed E-state index contributed by atoms with van der Waals surface area (Å²) < 4.78 is 19.1. The highest BCUT2D eigenvalue weighted by Crippen LogP contribution is 2.29. The average molecular weight is 299 g/mol. The molecule has 0 amide bonds. The van der Waals surface area contributed by atoms with Gasteiger partial charge in [0.15, 0.2) is 11.4 Å². The molecule has 7 nitrogen and oxygen atoms in total. The molecule has 0 N–H and O–H groups in total. The standard InChI is InChI=1S/C13H9N5O2S/c1-21(19)13-17-16-7-18(13)12-11-10(14-6-15-12)8-4-2-3-5-9(8)20-11/h2-7H,1H3. The van der Waals surface area contributed by atoms with Crippen LogP contribution in [0.1, 0.15) is 0 Å². The number of hydrogen-bond acceptors (Lipinski definition) is 6. The largest absolute Gasteiger partial charge is 0.450 e. The Labute approximate surface area is 121 Å². The minimum absolute atomic E-state index is 0.315. The minimum atomic E-state index is -1.28. The van der Waals surface area contributed by atoms with E-state index in [9.17, 15) is 4.21 Å². The molecule has 8 heteroatoms. The smallest absolute Gasteiger partial charge is 0.227 e. The van der Waals surface area contributed by atoms with E-state index in [4.69, 9.17) is 4.42 Å². The van der Waals surface area contributed by atoms with Crippen LogP contribution in [0.5, 0.6) is 0 Å². The van der Waals surface area contributed by atoms with E-state index in [1.54, 1.807) is 4.57 Å². The number of nitrogens with zero attached hydrogens (tertiary/aromatic N) is 5. The first-order chi connectivity index (χ1) is 10.3. The lowest BCUT2D eigenvalue weighted by molar-refractivity contribution is 0.653. The molecule has 0 saturated carbocycles. The van der Waals surface area contributed by atoms with Gasteiger partial charge in [0.25, 0.3) is 0 Å². The predicted molar refractivity (Wildman–Crippen MR) is 76.6 cm³/mol. The van der Waals surface area contributed by atoms with E-state index in [1.807, 2.05) is 24.3 Å². The topological polar surface area (TPSA) is 86.7 Å². The average Bonchev–Trinajstić information content (AvgIpc) is 3.11. The molecule has 1 aromatic carbocycles. The lowest BCUT2D eigenvalue weighted by Gasteiger charge is -2.03. The first kappa shape index (κ1) is 12.2. The first-order valence-electron chi connectivity index (χ1n) is 6.12. The lowest BCUT2D eigenvalue weighted by atomic mass is 10.2. The molecule has 4 aromatic rings. The van der Waals surface area contributed by atoms with Crippen LogP contribution in [0.2, 0.25) is 0 Å². The Morgan fingerprint density at radius 3 is 2.95 bits per heavy atom. The minimum Gasteiger partial charge on any atom is -0.450 e. The fraction of sp³-hybridized carbons (Fsp3) is 0.0769. The van der Waals surface area contributed by atoms with E-state index in [2.05, 4.69) is 20.2 Å². The number of benzene rings is 1. The summed E-state index contributed by atoms with van der Waals surface area (Å²) >= 11 is 0. The van der Waals surface area contributed by atoms with Gasteiger partial charge >= 0.3 is 0 Å². The highest BCUT2D eigenvalue weighted by molar-refractivity contribution is 7.84. The summed E-state index contributed by atoms with van der Waals surface area (Å²) in [5.74, 6) is 0.478. The highest BCUT2D eigenvalue weighted by Gasteiger charge is 2.18. The summed E-state index contributed by atoms with van der Waals surface area (Å²) in [6.45, 7) is 0. The second-order valence-corrected chi connectivity index (χ2v) is 5.68. The maximum absolute atomic E-state index is 11.7. The van der Waals surface area contributed by atoms with Gasteiger partial charge in [-0.2, -0.15) is 0 Å². The van der Waals surface area contributed by atoms with Crippen molar-refractivity contribution in [2.45, 2.75) is 5.16 Å². The Bertz CT molecular complexity index is 990. The van der Waals surface area contributed by atoms with Gasteiger partial charge in [0, 0.05) is 11.6 Å². The number of rotatable bonds is 2. The maximum Gasteiger partial charge on any atom is 0.227 e. The lowest BCUT2D eigenvalue weighted by Crippen LogP contribution is -2.04. The monoisotopic (exact) mass is 299 g/mol. The molecule has 3 heterocycles. The quantitative estimate of drug-likeness (QED) is 0.560. The first-order valence-corrected chi connectivity index (χ1v) is 7.67. The molecule has 0 aliphatic carbocycles. The zero-order valence-corrected chi connectivity index (χ0v) is 11.7. The second-order valence-electron chi connectivity index (χ2n) is 4.41. The van der Waals surface area contributed by atoms with Gasteiger partial charge in [-0.25, -0.2) is 9.97 Å². The van der Waals surface area contributed by atoms with E-state index in [-0.39, 0.29) is 0 Å². The van der Waals surface area contributed by atoms with Crippen LogP contribution in [0.3, 0.4) is 0 Å². The Hall–Kier alpha value is -2.61. The molecule has 0 bridgehead atoms. The Balaban J connectivity index is 2.09. The van der Waals surface area contributed by atoms with Gasteiger partial charge in [-0.15, -0.1) is 10.2 Å². The van der Waals surface area contributed by atoms with Gasteiger partial charge in [-0.05, 0) is 12.1 Å².